The van der Waals surface area contributed by atoms with Gasteiger partial charge in [-0.25, -0.2) is 0 Å². The summed E-state index contributed by atoms with van der Waals surface area (Å²) in [7, 11) is 4.51. The molecule has 0 unspecified atom stereocenters. The van der Waals surface area contributed by atoms with Crippen LogP contribution < -0.4 is 5.32 Å². The molecule has 14 heavy (non-hydrogen) atoms. The molecule has 1 aromatic heterocycles. The summed E-state index contributed by atoms with van der Waals surface area (Å²) in [6.45, 7) is 2.46. The molecule has 0 saturated carbocycles. The molecule has 0 aliphatic heterocycles. The number of aryl methyl sites for hydroxylation is 2. The molecule has 0 radical (unpaired) electrons. The van der Waals surface area contributed by atoms with Gasteiger partial charge < -0.3 is 5.32 Å². The van der Waals surface area contributed by atoms with Crippen molar-refractivity contribution in [1.82, 2.24) is 15.1 Å². The number of aromatic nitrogens is 2. The molecule has 0 bridgehead atoms. The maximum Gasteiger partial charge on any atom is 0.290 e. The zero-order valence-corrected chi connectivity index (χ0v) is 10.0. The van der Waals surface area contributed by atoms with Gasteiger partial charge >= 0.3 is 0 Å². The Hall–Kier alpha value is -0.620. The van der Waals surface area contributed by atoms with Crippen LogP contribution in [-0.4, -0.2) is 21.3 Å². The summed E-state index contributed by atoms with van der Waals surface area (Å²) >= 11 is 0. The smallest absolute Gasteiger partial charge is 0.290 e. The fraction of sp³-hybridized carbons (Fsp3) is 0.500. The third-order valence-electron chi connectivity index (χ3n) is 1.67. The van der Waals surface area contributed by atoms with E-state index in [1.807, 2.05) is 26.3 Å². The lowest BCUT2D eigenvalue weighted by molar-refractivity contribution is 0.260. The molecule has 0 atom stereocenters. The fourth-order valence-electron chi connectivity index (χ4n) is 1.10. The van der Waals surface area contributed by atoms with Gasteiger partial charge in [0.1, 0.15) is 0 Å². The summed E-state index contributed by atoms with van der Waals surface area (Å²) < 4.78 is 1.78. The molecule has 78 valence electrons. The zero-order chi connectivity index (χ0) is 10.6. The predicted octanol–water partition coefficient (Wildman–Crippen LogP) is 1.95. The standard InChI is InChI=1S/C8H13N3OS2/c1-6-4-7(11(2)10-6)5-9-8(12)14-13-3/h4H,5H2,1-3H3,(H,9,12). The molecule has 6 heteroatoms. The van der Waals surface area contributed by atoms with E-state index >= 15 is 0 Å². The van der Waals surface area contributed by atoms with E-state index < -0.39 is 0 Å². The van der Waals surface area contributed by atoms with Gasteiger partial charge in [0.15, 0.2) is 0 Å². The number of nitrogens with zero attached hydrogens (tertiary/aromatic N) is 2. The first-order chi connectivity index (χ1) is 6.63. The minimum absolute atomic E-state index is 0.0173. The predicted molar refractivity (Wildman–Crippen MR) is 61.3 cm³/mol. The van der Waals surface area contributed by atoms with Gasteiger partial charge in [0, 0.05) is 17.8 Å². The highest BCUT2D eigenvalue weighted by atomic mass is 33.1. The van der Waals surface area contributed by atoms with Crippen LogP contribution in [0.25, 0.3) is 0 Å². The minimum Gasteiger partial charge on any atom is -0.341 e. The summed E-state index contributed by atoms with van der Waals surface area (Å²) in [5.41, 5.74) is 1.98. The summed E-state index contributed by atoms with van der Waals surface area (Å²) in [5.74, 6) is 0. The van der Waals surface area contributed by atoms with Crippen LogP contribution in [0, 0.1) is 6.92 Å². The van der Waals surface area contributed by atoms with Crippen molar-refractivity contribution in [2.24, 2.45) is 7.05 Å². The molecule has 0 spiro atoms. The maximum absolute atomic E-state index is 11.1. The van der Waals surface area contributed by atoms with Crippen molar-refractivity contribution >= 4 is 26.8 Å². The van der Waals surface area contributed by atoms with Crippen LogP contribution in [-0.2, 0) is 13.6 Å². The van der Waals surface area contributed by atoms with Crippen molar-refractivity contribution in [2.45, 2.75) is 13.5 Å². The Labute approximate surface area is 91.2 Å². The van der Waals surface area contributed by atoms with E-state index in [4.69, 9.17) is 0 Å². The molecule has 0 aromatic carbocycles. The SMILES string of the molecule is CSSC(=O)NCc1cc(C)nn1C. The molecule has 0 aliphatic carbocycles. The van der Waals surface area contributed by atoms with Crippen LogP contribution >= 0.6 is 21.6 Å². The normalized spacial score (nSPS) is 10.2. The number of hydrogen-bond donors (Lipinski definition) is 1. The summed E-state index contributed by atoms with van der Waals surface area (Å²) in [6, 6.07) is 1.96. The molecule has 1 heterocycles. The molecular formula is C8H13N3OS2. The maximum atomic E-state index is 11.1. The van der Waals surface area contributed by atoms with E-state index in [1.54, 1.807) is 4.68 Å². The van der Waals surface area contributed by atoms with Crippen LogP contribution in [0.3, 0.4) is 0 Å². The third kappa shape index (κ3) is 3.26. The molecule has 1 N–H and O–H groups in total. The van der Waals surface area contributed by atoms with E-state index in [1.165, 1.54) is 21.6 Å². The minimum atomic E-state index is -0.0173. The highest BCUT2D eigenvalue weighted by Gasteiger charge is 2.04. The Bertz CT molecular complexity index is 324. The lowest BCUT2D eigenvalue weighted by Crippen LogP contribution is -2.18. The molecule has 0 saturated heterocycles. The van der Waals surface area contributed by atoms with Crippen molar-refractivity contribution in [3.8, 4) is 0 Å². The number of amides is 1. The van der Waals surface area contributed by atoms with E-state index in [0.29, 0.717) is 6.54 Å². The number of carbonyl (C=O) groups excluding carboxylic acids is 1. The van der Waals surface area contributed by atoms with Gasteiger partial charge in [0.25, 0.3) is 5.24 Å². The van der Waals surface area contributed by atoms with Crippen molar-refractivity contribution in [3.05, 3.63) is 17.5 Å². The van der Waals surface area contributed by atoms with Crippen molar-refractivity contribution < 1.29 is 4.79 Å². The Morgan fingerprint density at radius 3 is 2.93 bits per heavy atom. The van der Waals surface area contributed by atoms with E-state index in [9.17, 15) is 4.79 Å². The molecule has 0 fully saturated rings. The Morgan fingerprint density at radius 2 is 2.43 bits per heavy atom. The van der Waals surface area contributed by atoms with Crippen LogP contribution in [0.4, 0.5) is 4.79 Å². The van der Waals surface area contributed by atoms with Crippen LogP contribution in [0.1, 0.15) is 11.4 Å². The van der Waals surface area contributed by atoms with E-state index in [-0.39, 0.29) is 5.24 Å². The average Bonchev–Trinajstić information content (AvgIpc) is 2.42. The van der Waals surface area contributed by atoms with Gasteiger partial charge in [-0.2, -0.15) is 5.10 Å². The fourth-order valence-corrected chi connectivity index (χ4v) is 2.01. The van der Waals surface area contributed by atoms with Crippen LogP contribution in [0.5, 0.6) is 0 Å². The molecule has 4 nitrogen and oxygen atoms in total. The Kier molecular flexibility index (Phi) is 4.34. The number of carbonyl (C=O) groups is 1. The highest BCUT2D eigenvalue weighted by Crippen LogP contribution is 2.17. The van der Waals surface area contributed by atoms with Gasteiger partial charge in [0.05, 0.1) is 17.9 Å². The lowest BCUT2D eigenvalue weighted by atomic mass is 10.4. The molecule has 0 aliphatic rings. The second-order valence-corrected chi connectivity index (χ2v) is 5.16. The highest BCUT2D eigenvalue weighted by molar-refractivity contribution is 8.81. The molecule has 1 rings (SSSR count). The number of nitrogens with one attached hydrogen (secondary N) is 1. The first-order valence-electron chi connectivity index (χ1n) is 4.11. The zero-order valence-electron chi connectivity index (χ0n) is 8.40. The van der Waals surface area contributed by atoms with E-state index in [2.05, 4.69) is 10.4 Å². The second-order valence-electron chi connectivity index (χ2n) is 2.79. The summed E-state index contributed by atoms with van der Waals surface area (Å²) in [6.07, 6.45) is 1.87. The first kappa shape index (κ1) is 11.5. The van der Waals surface area contributed by atoms with Gasteiger partial charge in [-0.1, -0.05) is 10.8 Å². The van der Waals surface area contributed by atoms with Gasteiger partial charge in [-0.15, -0.1) is 0 Å². The Balaban J connectivity index is 2.45. The largest absolute Gasteiger partial charge is 0.341 e. The second kappa shape index (κ2) is 5.31. The van der Waals surface area contributed by atoms with Gasteiger partial charge in [0.2, 0.25) is 0 Å². The topological polar surface area (TPSA) is 46.9 Å². The molecule has 1 amide bonds. The third-order valence-corrected chi connectivity index (χ3v) is 3.09. The lowest BCUT2D eigenvalue weighted by Gasteiger charge is -2.02. The summed E-state index contributed by atoms with van der Waals surface area (Å²) in [5, 5.41) is 6.97. The molecular weight excluding hydrogens is 218 g/mol. The van der Waals surface area contributed by atoms with Gasteiger partial charge in [-0.05, 0) is 19.2 Å². The quantitative estimate of drug-likeness (QED) is 0.808. The van der Waals surface area contributed by atoms with Crippen molar-refractivity contribution in [3.63, 3.8) is 0 Å². The average molecular weight is 231 g/mol. The van der Waals surface area contributed by atoms with E-state index in [0.717, 1.165) is 11.4 Å². The number of hydrogen-bond acceptors (Lipinski definition) is 4. The van der Waals surface area contributed by atoms with Gasteiger partial charge in [-0.3, -0.25) is 9.48 Å². The first-order valence-corrected chi connectivity index (χ1v) is 6.67. The Morgan fingerprint density at radius 1 is 1.71 bits per heavy atom. The van der Waals surface area contributed by atoms with Crippen molar-refractivity contribution in [1.29, 1.82) is 0 Å². The van der Waals surface area contributed by atoms with Crippen molar-refractivity contribution in [2.75, 3.05) is 6.26 Å². The number of rotatable bonds is 3. The summed E-state index contributed by atoms with van der Waals surface area (Å²) in [4.78, 5) is 11.1. The van der Waals surface area contributed by atoms with Crippen LogP contribution in [0.15, 0.2) is 6.07 Å². The molecule has 1 aromatic rings. The monoisotopic (exact) mass is 231 g/mol. The van der Waals surface area contributed by atoms with Crippen LogP contribution in [0.2, 0.25) is 0 Å².